The number of carbonyl (C=O) groups excluding carboxylic acids is 1. The SMILES string of the molecule is Cc1ccc(-c2cnc(SCC(=O)NCc3cccs3)n2C)cc1. The smallest absolute Gasteiger partial charge is 0.230 e. The van der Waals surface area contributed by atoms with Gasteiger partial charge in [0.25, 0.3) is 0 Å². The van der Waals surface area contributed by atoms with Crippen LogP contribution in [-0.2, 0) is 18.4 Å². The van der Waals surface area contributed by atoms with Crippen molar-refractivity contribution in [2.75, 3.05) is 5.75 Å². The number of aromatic nitrogens is 2. The summed E-state index contributed by atoms with van der Waals surface area (Å²) in [5, 5.41) is 5.79. The number of thioether (sulfide) groups is 1. The minimum absolute atomic E-state index is 0.0216. The first-order chi connectivity index (χ1) is 11.6. The molecule has 2 heterocycles. The summed E-state index contributed by atoms with van der Waals surface area (Å²) >= 11 is 3.10. The zero-order valence-corrected chi connectivity index (χ0v) is 15.3. The van der Waals surface area contributed by atoms with Crippen molar-refractivity contribution in [2.45, 2.75) is 18.6 Å². The Morgan fingerprint density at radius 1 is 1.29 bits per heavy atom. The Balaban J connectivity index is 1.58. The van der Waals surface area contributed by atoms with Gasteiger partial charge in [-0.2, -0.15) is 0 Å². The average Bonchev–Trinajstić information content (AvgIpc) is 3.22. The number of thiophene rings is 1. The van der Waals surface area contributed by atoms with Gasteiger partial charge in [-0.1, -0.05) is 47.7 Å². The molecule has 1 N–H and O–H groups in total. The first-order valence-corrected chi connectivity index (χ1v) is 9.50. The van der Waals surface area contributed by atoms with Gasteiger partial charge in [0, 0.05) is 11.9 Å². The van der Waals surface area contributed by atoms with E-state index in [1.165, 1.54) is 17.3 Å². The Bertz CT molecular complexity index is 807. The van der Waals surface area contributed by atoms with E-state index in [0.29, 0.717) is 12.3 Å². The van der Waals surface area contributed by atoms with Gasteiger partial charge in [-0.3, -0.25) is 4.79 Å². The maximum absolute atomic E-state index is 12.0. The summed E-state index contributed by atoms with van der Waals surface area (Å²) in [6.07, 6.45) is 1.86. The molecule has 0 saturated carbocycles. The fourth-order valence-corrected chi connectivity index (χ4v) is 3.73. The molecular weight excluding hydrogens is 338 g/mol. The summed E-state index contributed by atoms with van der Waals surface area (Å²) in [6, 6.07) is 12.4. The number of aryl methyl sites for hydroxylation is 1. The van der Waals surface area contributed by atoms with Gasteiger partial charge in [-0.15, -0.1) is 11.3 Å². The van der Waals surface area contributed by atoms with Crippen molar-refractivity contribution in [2.24, 2.45) is 7.05 Å². The molecule has 1 amide bonds. The number of hydrogen-bond acceptors (Lipinski definition) is 4. The minimum Gasteiger partial charge on any atom is -0.350 e. The molecule has 0 aliphatic carbocycles. The predicted octanol–water partition coefficient (Wildman–Crippen LogP) is 3.87. The number of nitrogens with one attached hydrogen (secondary N) is 1. The van der Waals surface area contributed by atoms with Crippen LogP contribution in [0.1, 0.15) is 10.4 Å². The zero-order chi connectivity index (χ0) is 16.9. The number of benzene rings is 1. The molecule has 0 aliphatic rings. The number of rotatable bonds is 6. The predicted molar refractivity (Wildman–Crippen MR) is 100 cm³/mol. The van der Waals surface area contributed by atoms with Crippen LogP contribution < -0.4 is 5.32 Å². The molecule has 1 aromatic carbocycles. The van der Waals surface area contributed by atoms with Gasteiger partial charge in [-0.05, 0) is 23.9 Å². The van der Waals surface area contributed by atoms with Crippen LogP contribution in [0.4, 0.5) is 0 Å². The fourth-order valence-electron chi connectivity index (χ4n) is 2.30. The van der Waals surface area contributed by atoms with E-state index in [1.54, 1.807) is 11.3 Å². The van der Waals surface area contributed by atoms with Crippen molar-refractivity contribution in [1.82, 2.24) is 14.9 Å². The van der Waals surface area contributed by atoms with E-state index >= 15 is 0 Å². The second-order valence-electron chi connectivity index (χ2n) is 5.50. The second kappa shape index (κ2) is 7.68. The molecule has 24 heavy (non-hydrogen) atoms. The van der Waals surface area contributed by atoms with Crippen LogP contribution in [0.25, 0.3) is 11.3 Å². The summed E-state index contributed by atoms with van der Waals surface area (Å²) in [7, 11) is 1.98. The largest absolute Gasteiger partial charge is 0.350 e. The Hall–Kier alpha value is -2.05. The Morgan fingerprint density at radius 2 is 2.08 bits per heavy atom. The summed E-state index contributed by atoms with van der Waals surface area (Å²) < 4.78 is 2.03. The molecule has 0 saturated heterocycles. The molecule has 2 aromatic heterocycles. The van der Waals surface area contributed by atoms with Crippen LogP contribution in [0.5, 0.6) is 0 Å². The molecule has 0 atom stereocenters. The highest BCUT2D eigenvalue weighted by molar-refractivity contribution is 7.99. The maximum Gasteiger partial charge on any atom is 0.230 e. The molecular formula is C18H19N3OS2. The quantitative estimate of drug-likeness (QED) is 0.681. The van der Waals surface area contributed by atoms with Gasteiger partial charge in [0.1, 0.15) is 0 Å². The molecule has 4 nitrogen and oxygen atoms in total. The third-order valence-electron chi connectivity index (χ3n) is 3.67. The van der Waals surface area contributed by atoms with E-state index in [-0.39, 0.29) is 5.91 Å². The summed E-state index contributed by atoms with van der Waals surface area (Å²) in [5.74, 6) is 0.386. The third kappa shape index (κ3) is 4.07. The van der Waals surface area contributed by atoms with Gasteiger partial charge in [-0.25, -0.2) is 4.98 Å². The molecule has 3 rings (SSSR count). The monoisotopic (exact) mass is 357 g/mol. The van der Waals surface area contributed by atoms with E-state index < -0.39 is 0 Å². The third-order valence-corrected chi connectivity index (χ3v) is 5.59. The molecule has 0 unspecified atom stereocenters. The lowest BCUT2D eigenvalue weighted by atomic mass is 10.1. The lowest BCUT2D eigenvalue weighted by molar-refractivity contribution is -0.118. The van der Waals surface area contributed by atoms with Gasteiger partial charge in [0.2, 0.25) is 5.91 Å². The molecule has 0 aliphatic heterocycles. The van der Waals surface area contributed by atoms with Gasteiger partial charge in [0.15, 0.2) is 5.16 Å². The number of hydrogen-bond donors (Lipinski definition) is 1. The first-order valence-electron chi connectivity index (χ1n) is 7.64. The van der Waals surface area contributed by atoms with E-state index in [4.69, 9.17) is 0 Å². The standard InChI is InChI=1S/C18H19N3OS2/c1-13-5-7-14(8-6-13)16-11-20-18(21(16)2)24-12-17(22)19-10-15-4-3-9-23-15/h3-9,11H,10,12H2,1-2H3,(H,19,22). The van der Waals surface area contributed by atoms with E-state index in [1.807, 2.05) is 35.3 Å². The molecule has 0 spiro atoms. The highest BCUT2D eigenvalue weighted by atomic mass is 32.2. The Kier molecular flexibility index (Phi) is 5.37. The number of nitrogens with zero attached hydrogens (tertiary/aromatic N) is 2. The maximum atomic E-state index is 12.0. The Morgan fingerprint density at radius 3 is 2.79 bits per heavy atom. The van der Waals surface area contributed by atoms with Crippen molar-refractivity contribution in [3.8, 4) is 11.3 Å². The molecule has 0 fully saturated rings. The van der Waals surface area contributed by atoms with Crippen LogP contribution in [0.3, 0.4) is 0 Å². The van der Waals surface area contributed by atoms with Crippen molar-refractivity contribution >= 4 is 29.0 Å². The molecule has 3 aromatic rings. The highest BCUT2D eigenvalue weighted by Crippen LogP contribution is 2.25. The van der Waals surface area contributed by atoms with Gasteiger partial charge < -0.3 is 9.88 Å². The van der Waals surface area contributed by atoms with Crippen LogP contribution in [0.15, 0.2) is 53.1 Å². The van der Waals surface area contributed by atoms with Crippen molar-refractivity contribution in [3.05, 3.63) is 58.4 Å². The highest BCUT2D eigenvalue weighted by Gasteiger charge is 2.11. The molecule has 0 bridgehead atoms. The summed E-state index contributed by atoms with van der Waals surface area (Å²) in [4.78, 5) is 17.6. The van der Waals surface area contributed by atoms with E-state index in [0.717, 1.165) is 21.3 Å². The molecule has 6 heteroatoms. The van der Waals surface area contributed by atoms with Crippen molar-refractivity contribution < 1.29 is 4.79 Å². The zero-order valence-electron chi connectivity index (χ0n) is 13.7. The van der Waals surface area contributed by atoms with Gasteiger partial charge in [0.05, 0.1) is 24.2 Å². The molecule has 124 valence electrons. The summed E-state index contributed by atoms with van der Waals surface area (Å²) in [5.41, 5.74) is 3.42. The lowest BCUT2D eigenvalue weighted by Crippen LogP contribution is -2.24. The van der Waals surface area contributed by atoms with Gasteiger partial charge >= 0.3 is 0 Å². The Labute approximate surface area is 149 Å². The van der Waals surface area contributed by atoms with E-state index in [2.05, 4.69) is 41.5 Å². The normalized spacial score (nSPS) is 10.8. The van der Waals surface area contributed by atoms with Crippen molar-refractivity contribution in [1.29, 1.82) is 0 Å². The lowest BCUT2D eigenvalue weighted by Gasteiger charge is -2.07. The average molecular weight is 358 g/mol. The van der Waals surface area contributed by atoms with Crippen LogP contribution in [0, 0.1) is 6.92 Å². The second-order valence-corrected chi connectivity index (χ2v) is 7.47. The van der Waals surface area contributed by atoms with Crippen LogP contribution in [-0.4, -0.2) is 21.2 Å². The number of carbonyl (C=O) groups is 1. The minimum atomic E-state index is 0.0216. The van der Waals surface area contributed by atoms with E-state index in [9.17, 15) is 4.79 Å². The summed E-state index contributed by atoms with van der Waals surface area (Å²) in [6.45, 7) is 2.66. The topological polar surface area (TPSA) is 46.9 Å². The van der Waals surface area contributed by atoms with Crippen LogP contribution in [0.2, 0.25) is 0 Å². The number of amides is 1. The first kappa shape index (κ1) is 16.8. The number of imidazole rings is 1. The van der Waals surface area contributed by atoms with Crippen molar-refractivity contribution in [3.63, 3.8) is 0 Å². The fraction of sp³-hybridized carbons (Fsp3) is 0.222. The van der Waals surface area contributed by atoms with Crippen LogP contribution >= 0.6 is 23.1 Å². The molecule has 0 radical (unpaired) electrons.